The molecule has 1 aromatic carbocycles. The van der Waals surface area contributed by atoms with Crippen LogP contribution in [0, 0.1) is 0 Å². The number of carbonyl (C=O) groups excluding carboxylic acids is 1. The van der Waals surface area contributed by atoms with Crippen LogP contribution in [-0.4, -0.2) is 31.4 Å². The number of methoxy groups -OCH3 is 1. The third-order valence-electron chi connectivity index (χ3n) is 2.90. The standard InChI is InChI=1S/C15H16BrNO2S/c1-17(8-11-7-15(16)20-10-11)9-13(18)12-5-3-4-6-14(12)19-2/h3-7,10H,8-9H2,1-2H3. The van der Waals surface area contributed by atoms with E-state index in [2.05, 4.69) is 27.4 Å². The summed E-state index contributed by atoms with van der Waals surface area (Å²) in [5.74, 6) is 0.698. The van der Waals surface area contributed by atoms with Crippen molar-refractivity contribution in [3.05, 3.63) is 50.6 Å². The van der Waals surface area contributed by atoms with Gasteiger partial charge in [-0.25, -0.2) is 0 Å². The van der Waals surface area contributed by atoms with Crippen molar-refractivity contribution in [2.24, 2.45) is 0 Å². The Labute approximate surface area is 131 Å². The van der Waals surface area contributed by atoms with Crippen LogP contribution in [0.5, 0.6) is 5.75 Å². The van der Waals surface area contributed by atoms with Crippen LogP contribution >= 0.6 is 27.3 Å². The van der Waals surface area contributed by atoms with Crippen molar-refractivity contribution >= 4 is 33.0 Å². The van der Waals surface area contributed by atoms with E-state index in [1.807, 2.05) is 30.1 Å². The molecular formula is C15H16BrNO2S. The molecule has 2 aromatic rings. The number of benzene rings is 1. The molecule has 20 heavy (non-hydrogen) atoms. The smallest absolute Gasteiger partial charge is 0.180 e. The van der Waals surface area contributed by atoms with Gasteiger partial charge in [0.25, 0.3) is 0 Å². The highest BCUT2D eigenvalue weighted by molar-refractivity contribution is 9.11. The van der Waals surface area contributed by atoms with E-state index in [0.29, 0.717) is 17.9 Å². The zero-order valence-electron chi connectivity index (χ0n) is 11.4. The molecule has 0 saturated carbocycles. The third-order valence-corrected chi connectivity index (χ3v) is 4.45. The lowest BCUT2D eigenvalue weighted by Gasteiger charge is -2.15. The molecule has 0 radical (unpaired) electrons. The number of Topliss-reactive ketones (excluding diaryl/α,β-unsaturated/α-hetero) is 1. The minimum Gasteiger partial charge on any atom is -0.496 e. The predicted molar refractivity (Wildman–Crippen MR) is 85.7 cm³/mol. The summed E-state index contributed by atoms with van der Waals surface area (Å²) in [5, 5.41) is 2.09. The summed E-state index contributed by atoms with van der Waals surface area (Å²) >= 11 is 5.10. The van der Waals surface area contributed by atoms with Crippen molar-refractivity contribution in [1.29, 1.82) is 0 Å². The monoisotopic (exact) mass is 353 g/mol. The van der Waals surface area contributed by atoms with Gasteiger partial charge in [0.2, 0.25) is 0 Å². The molecule has 0 amide bonds. The van der Waals surface area contributed by atoms with Crippen molar-refractivity contribution < 1.29 is 9.53 Å². The summed E-state index contributed by atoms with van der Waals surface area (Å²) in [6, 6.07) is 9.40. The molecule has 0 atom stereocenters. The Balaban J connectivity index is 2.00. The molecule has 0 fully saturated rings. The second kappa shape index (κ2) is 7.02. The first-order chi connectivity index (χ1) is 9.60. The molecule has 0 aliphatic rings. The quantitative estimate of drug-likeness (QED) is 0.739. The van der Waals surface area contributed by atoms with E-state index >= 15 is 0 Å². The Kier molecular flexibility index (Phi) is 5.34. The highest BCUT2D eigenvalue weighted by Gasteiger charge is 2.14. The SMILES string of the molecule is COc1ccccc1C(=O)CN(C)Cc1csc(Br)c1. The van der Waals surface area contributed by atoms with Gasteiger partial charge in [-0.15, -0.1) is 11.3 Å². The number of ketones is 1. The molecule has 5 heteroatoms. The Bertz CT molecular complexity index is 597. The minimum atomic E-state index is 0.0687. The number of ether oxygens (including phenoxy) is 1. The first kappa shape index (κ1) is 15.2. The molecule has 0 unspecified atom stereocenters. The first-order valence-electron chi connectivity index (χ1n) is 6.18. The molecule has 106 valence electrons. The molecule has 0 bridgehead atoms. The molecule has 0 aliphatic carbocycles. The number of halogens is 1. The Morgan fingerprint density at radius 3 is 2.80 bits per heavy atom. The normalized spacial score (nSPS) is 10.8. The molecule has 0 aliphatic heterocycles. The number of thiophene rings is 1. The predicted octanol–water partition coefficient (Wildman–Crippen LogP) is 3.83. The molecule has 1 aromatic heterocycles. The topological polar surface area (TPSA) is 29.5 Å². The lowest BCUT2D eigenvalue weighted by Crippen LogP contribution is -2.25. The number of nitrogens with zero attached hydrogens (tertiary/aromatic N) is 1. The van der Waals surface area contributed by atoms with Gasteiger partial charge in [-0.1, -0.05) is 12.1 Å². The fraction of sp³-hybridized carbons (Fsp3) is 0.267. The highest BCUT2D eigenvalue weighted by atomic mass is 79.9. The lowest BCUT2D eigenvalue weighted by atomic mass is 10.1. The van der Waals surface area contributed by atoms with Gasteiger partial charge < -0.3 is 4.74 Å². The van der Waals surface area contributed by atoms with E-state index in [4.69, 9.17) is 4.74 Å². The molecule has 1 heterocycles. The zero-order chi connectivity index (χ0) is 14.5. The molecule has 3 nitrogen and oxygen atoms in total. The van der Waals surface area contributed by atoms with Crippen LogP contribution in [0.4, 0.5) is 0 Å². The van der Waals surface area contributed by atoms with Crippen LogP contribution in [0.2, 0.25) is 0 Å². The first-order valence-corrected chi connectivity index (χ1v) is 7.85. The van der Waals surface area contributed by atoms with Crippen molar-refractivity contribution in [3.63, 3.8) is 0 Å². The number of rotatable bonds is 6. The van der Waals surface area contributed by atoms with Gasteiger partial charge in [0, 0.05) is 6.54 Å². The summed E-state index contributed by atoms with van der Waals surface area (Å²) in [5.41, 5.74) is 1.84. The number of para-hydroxylation sites is 1. The fourth-order valence-corrected chi connectivity index (χ4v) is 3.20. The summed E-state index contributed by atoms with van der Waals surface area (Å²) in [6.07, 6.45) is 0. The largest absolute Gasteiger partial charge is 0.496 e. The summed E-state index contributed by atoms with van der Waals surface area (Å²) < 4.78 is 6.33. The van der Waals surface area contributed by atoms with E-state index in [0.717, 1.165) is 10.3 Å². The maximum Gasteiger partial charge on any atom is 0.180 e. The Morgan fingerprint density at radius 1 is 1.40 bits per heavy atom. The second-order valence-electron chi connectivity index (χ2n) is 4.55. The minimum absolute atomic E-state index is 0.0687. The highest BCUT2D eigenvalue weighted by Crippen LogP contribution is 2.22. The van der Waals surface area contributed by atoms with Gasteiger partial charge >= 0.3 is 0 Å². The maximum atomic E-state index is 12.3. The number of likely N-dealkylation sites (N-methyl/N-ethyl adjacent to an activating group) is 1. The van der Waals surface area contributed by atoms with Gasteiger partial charge in [-0.3, -0.25) is 9.69 Å². The van der Waals surface area contributed by atoms with Crippen molar-refractivity contribution in [2.75, 3.05) is 20.7 Å². The molecular weight excluding hydrogens is 338 g/mol. The van der Waals surface area contributed by atoms with E-state index in [9.17, 15) is 4.79 Å². The van der Waals surface area contributed by atoms with Gasteiger partial charge in [0.1, 0.15) is 5.75 Å². The maximum absolute atomic E-state index is 12.3. The average molecular weight is 354 g/mol. The summed E-state index contributed by atoms with van der Waals surface area (Å²) in [4.78, 5) is 14.3. The Morgan fingerprint density at radius 2 is 2.15 bits per heavy atom. The number of carbonyl (C=O) groups is 1. The average Bonchev–Trinajstić information content (AvgIpc) is 2.83. The van der Waals surface area contributed by atoms with E-state index < -0.39 is 0 Å². The van der Waals surface area contributed by atoms with Crippen molar-refractivity contribution in [3.8, 4) is 5.75 Å². The number of hydrogen-bond acceptors (Lipinski definition) is 4. The zero-order valence-corrected chi connectivity index (χ0v) is 13.8. The van der Waals surface area contributed by atoms with Crippen LogP contribution in [0.1, 0.15) is 15.9 Å². The van der Waals surface area contributed by atoms with Crippen molar-refractivity contribution in [1.82, 2.24) is 4.90 Å². The molecule has 0 saturated heterocycles. The molecule has 0 N–H and O–H groups in total. The van der Waals surface area contributed by atoms with Crippen molar-refractivity contribution in [2.45, 2.75) is 6.54 Å². The second-order valence-corrected chi connectivity index (χ2v) is 6.85. The van der Waals surface area contributed by atoms with Gasteiger partial charge in [-0.2, -0.15) is 0 Å². The van der Waals surface area contributed by atoms with Crippen LogP contribution in [-0.2, 0) is 6.54 Å². The van der Waals surface area contributed by atoms with Crippen LogP contribution in [0.15, 0.2) is 39.5 Å². The third kappa shape index (κ3) is 3.91. The van der Waals surface area contributed by atoms with Gasteiger partial charge in [0.05, 0.1) is 23.0 Å². The molecule has 0 spiro atoms. The lowest BCUT2D eigenvalue weighted by molar-refractivity contribution is 0.0940. The van der Waals surface area contributed by atoms with E-state index in [-0.39, 0.29) is 5.78 Å². The van der Waals surface area contributed by atoms with E-state index in [1.54, 1.807) is 24.5 Å². The van der Waals surface area contributed by atoms with E-state index in [1.165, 1.54) is 5.56 Å². The number of hydrogen-bond donors (Lipinski definition) is 0. The van der Waals surface area contributed by atoms with Gasteiger partial charge in [0.15, 0.2) is 5.78 Å². The fourth-order valence-electron chi connectivity index (χ4n) is 2.00. The van der Waals surface area contributed by atoms with Crippen LogP contribution in [0.25, 0.3) is 0 Å². The van der Waals surface area contributed by atoms with Gasteiger partial charge in [-0.05, 0) is 52.1 Å². The van der Waals surface area contributed by atoms with Crippen LogP contribution in [0.3, 0.4) is 0 Å². The Hall–Kier alpha value is -1.17. The summed E-state index contributed by atoms with van der Waals surface area (Å²) in [7, 11) is 3.53. The summed E-state index contributed by atoms with van der Waals surface area (Å²) in [6.45, 7) is 1.12. The van der Waals surface area contributed by atoms with Crippen LogP contribution < -0.4 is 4.74 Å². The molecule has 2 rings (SSSR count).